The van der Waals surface area contributed by atoms with E-state index in [0.29, 0.717) is 4.91 Å². The van der Waals surface area contributed by atoms with Crippen LogP contribution in [0.3, 0.4) is 0 Å². The summed E-state index contributed by atoms with van der Waals surface area (Å²) >= 11 is 2.49. The van der Waals surface area contributed by atoms with Gasteiger partial charge in [0.25, 0.3) is 11.1 Å². The minimum absolute atomic E-state index is 0.300. The molecule has 2 rings (SSSR count). The molecule has 5 heteroatoms. The third-order valence-corrected chi connectivity index (χ3v) is 3.00. The highest BCUT2D eigenvalue weighted by atomic mass is 32.2. The minimum Gasteiger partial charge on any atom is -0.282 e. The molecule has 0 aromatic carbocycles. The van der Waals surface area contributed by atoms with Crippen LogP contribution in [0.5, 0.6) is 0 Å². The van der Waals surface area contributed by atoms with Crippen LogP contribution in [0.15, 0.2) is 21.7 Å². The van der Waals surface area contributed by atoms with Crippen molar-refractivity contribution in [2.45, 2.75) is 0 Å². The Balaban J connectivity index is 2.27. The van der Waals surface area contributed by atoms with E-state index >= 15 is 0 Å². The van der Waals surface area contributed by atoms with Crippen LogP contribution in [0.2, 0.25) is 0 Å². The zero-order valence-corrected chi connectivity index (χ0v) is 8.08. The monoisotopic (exact) mass is 211 g/mol. The van der Waals surface area contributed by atoms with Gasteiger partial charge in [-0.1, -0.05) is 0 Å². The number of thiophene rings is 1. The van der Waals surface area contributed by atoms with E-state index in [1.54, 1.807) is 17.4 Å². The molecule has 1 aliphatic heterocycles. The molecule has 0 spiro atoms. The lowest BCUT2D eigenvalue weighted by molar-refractivity contribution is -0.115. The lowest BCUT2D eigenvalue weighted by Gasteiger charge is -1.87. The summed E-state index contributed by atoms with van der Waals surface area (Å²) in [6.45, 7) is 0. The molecule has 1 saturated heterocycles. The van der Waals surface area contributed by atoms with Crippen molar-refractivity contribution in [2.75, 3.05) is 0 Å². The maximum Gasteiger partial charge on any atom is 0.290 e. The van der Waals surface area contributed by atoms with Gasteiger partial charge in [0.1, 0.15) is 0 Å². The highest BCUT2D eigenvalue weighted by molar-refractivity contribution is 8.18. The fourth-order valence-corrected chi connectivity index (χ4v) is 2.23. The van der Waals surface area contributed by atoms with Crippen molar-refractivity contribution in [3.8, 4) is 0 Å². The topological polar surface area (TPSA) is 46.2 Å². The summed E-state index contributed by atoms with van der Waals surface area (Å²) in [4.78, 5) is 22.3. The lowest BCUT2D eigenvalue weighted by atomic mass is 10.3. The maximum absolute atomic E-state index is 11.1. The molecule has 1 N–H and O–H groups in total. The van der Waals surface area contributed by atoms with Gasteiger partial charge in [0.15, 0.2) is 0 Å². The van der Waals surface area contributed by atoms with Gasteiger partial charge in [0.2, 0.25) is 0 Å². The fourth-order valence-electron chi connectivity index (χ4n) is 0.930. The molecule has 1 fully saturated rings. The first-order valence-corrected chi connectivity index (χ1v) is 5.29. The molecule has 1 aliphatic rings. The van der Waals surface area contributed by atoms with Gasteiger partial charge >= 0.3 is 0 Å². The average Bonchev–Trinajstić information content (AvgIpc) is 2.63. The van der Waals surface area contributed by atoms with E-state index in [0.717, 1.165) is 17.3 Å². The Labute approximate surface area is 82.8 Å². The summed E-state index contributed by atoms with van der Waals surface area (Å²) in [5.41, 5.74) is 0.956. The fraction of sp³-hybridized carbons (Fsp3) is 0. The second-order valence-corrected chi connectivity index (χ2v) is 4.20. The van der Waals surface area contributed by atoms with Gasteiger partial charge in [-0.05, 0) is 40.2 Å². The van der Waals surface area contributed by atoms with Gasteiger partial charge in [-0.3, -0.25) is 14.9 Å². The van der Waals surface area contributed by atoms with Crippen molar-refractivity contribution >= 4 is 40.3 Å². The van der Waals surface area contributed by atoms with Crippen LogP contribution in [0, 0.1) is 0 Å². The first-order chi connectivity index (χ1) is 6.25. The van der Waals surface area contributed by atoms with Gasteiger partial charge in [0.05, 0.1) is 4.91 Å². The molecule has 0 atom stereocenters. The molecule has 3 nitrogen and oxygen atoms in total. The molecule has 66 valence electrons. The minimum atomic E-state index is -0.304. The smallest absolute Gasteiger partial charge is 0.282 e. The molecule has 13 heavy (non-hydrogen) atoms. The Kier molecular flexibility index (Phi) is 2.20. The molecule has 0 radical (unpaired) electrons. The lowest BCUT2D eigenvalue weighted by Crippen LogP contribution is -2.17. The predicted molar refractivity (Wildman–Crippen MR) is 53.4 cm³/mol. The van der Waals surface area contributed by atoms with E-state index in [9.17, 15) is 9.59 Å². The number of rotatable bonds is 1. The number of carbonyl (C=O) groups excluding carboxylic acids is 2. The van der Waals surface area contributed by atoms with Crippen LogP contribution in [-0.4, -0.2) is 11.1 Å². The zero-order valence-electron chi connectivity index (χ0n) is 6.44. The Morgan fingerprint density at radius 1 is 1.38 bits per heavy atom. The molecule has 0 saturated carbocycles. The number of hydrogen-bond acceptors (Lipinski definition) is 4. The summed E-state index contributed by atoms with van der Waals surface area (Å²) in [5, 5.41) is 5.74. The highest BCUT2D eigenvalue weighted by Crippen LogP contribution is 2.25. The molecular formula is C8H5NO2S2. The number of thioether (sulfide) groups is 1. The normalized spacial score (nSPS) is 19.5. The molecule has 2 amide bonds. The molecule has 1 aromatic rings. The summed E-state index contributed by atoms with van der Waals surface area (Å²) in [7, 11) is 0. The van der Waals surface area contributed by atoms with Crippen LogP contribution >= 0.6 is 23.1 Å². The SMILES string of the molecule is O=C1NC(=O)/C(=C\c2ccsc2)S1. The Hall–Kier alpha value is -1.07. The van der Waals surface area contributed by atoms with E-state index in [4.69, 9.17) is 0 Å². The highest BCUT2D eigenvalue weighted by Gasteiger charge is 2.24. The Morgan fingerprint density at radius 2 is 2.23 bits per heavy atom. The Morgan fingerprint density at radius 3 is 2.77 bits per heavy atom. The number of nitrogens with one attached hydrogen (secondary N) is 1. The third kappa shape index (κ3) is 1.81. The van der Waals surface area contributed by atoms with E-state index in [2.05, 4.69) is 5.32 Å². The molecule has 0 aliphatic carbocycles. The second-order valence-electron chi connectivity index (χ2n) is 2.41. The van der Waals surface area contributed by atoms with Crippen LogP contribution in [-0.2, 0) is 4.79 Å². The van der Waals surface area contributed by atoms with Crippen LogP contribution in [0.25, 0.3) is 6.08 Å². The number of carbonyl (C=O) groups is 2. The predicted octanol–water partition coefficient (Wildman–Crippen LogP) is 2.07. The van der Waals surface area contributed by atoms with Gasteiger partial charge in [-0.25, -0.2) is 0 Å². The summed E-state index contributed by atoms with van der Waals surface area (Å²) in [6.07, 6.45) is 1.71. The zero-order chi connectivity index (χ0) is 9.26. The molecule has 0 unspecified atom stereocenters. The quantitative estimate of drug-likeness (QED) is 0.723. The van der Waals surface area contributed by atoms with Gasteiger partial charge in [-0.15, -0.1) is 0 Å². The Bertz CT molecular complexity index is 381. The number of hydrogen-bond donors (Lipinski definition) is 1. The van der Waals surface area contributed by atoms with Gasteiger partial charge < -0.3 is 0 Å². The van der Waals surface area contributed by atoms with Crippen LogP contribution < -0.4 is 5.32 Å². The molecular weight excluding hydrogens is 206 g/mol. The van der Waals surface area contributed by atoms with Crippen molar-refractivity contribution in [3.63, 3.8) is 0 Å². The molecule has 1 aromatic heterocycles. The van der Waals surface area contributed by atoms with Crippen LogP contribution in [0.4, 0.5) is 4.79 Å². The largest absolute Gasteiger partial charge is 0.290 e. The standard InChI is InChI=1S/C8H5NO2S2/c10-7-6(13-8(11)9-7)3-5-1-2-12-4-5/h1-4H,(H,9,10,11)/b6-3+. The summed E-state index contributed by atoms with van der Waals surface area (Å²) in [5.74, 6) is -0.304. The van der Waals surface area contributed by atoms with Gasteiger partial charge in [-0.2, -0.15) is 11.3 Å². The van der Waals surface area contributed by atoms with E-state index in [1.165, 1.54) is 0 Å². The average molecular weight is 211 g/mol. The van der Waals surface area contributed by atoms with Crippen molar-refractivity contribution in [2.24, 2.45) is 0 Å². The summed E-state index contributed by atoms with van der Waals surface area (Å²) < 4.78 is 0. The van der Waals surface area contributed by atoms with Gasteiger partial charge in [0, 0.05) is 0 Å². The number of amides is 2. The first kappa shape index (κ1) is 8.52. The van der Waals surface area contributed by atoms with E-state index in [-0.39, 0.29) is 11.1 Å². The third-order valence-electron chi connectivity index (χ3n) is 1.48. The van der Waals surface area contributed by atoms with Crippen molar-refractivity contribution in [1.82, 2.24) is 5.32 Å². The van der Waals surface area contributed by atoms with Crippen molar-refractivity contribution in [1.29, 1.82) is 0 Å². The number of imide groups is 1. The summed E-state index contributed by atoms with van der Waals surface area (Å²) in [6, 6.07) is 1.90. The van der Waals surface area contributed by atoms with Crippen molar-refractivity contribution < 1.29 is 9.59 Å². The first-order valence-electron chi connectivity index (χ1n) is 3.53. The molecule has 0 bridgehead atoms. The van der Waals surface area contributed by atoms with Crippen LogP contribution in [0.1, 0.15) is 5.56 Å². The van der Waals surface area contributed by atoms with E-state index < -0.39 is 0 Å². The van der Waals surface area contributed by atoms with E-state index in [1.807, 2.05) is 16.8 Å². The molecule has 2 heterocycles. The van der Waals surface area contributed by atoms with Crippen molar-refractivity contribution in [3.05, 3.63) is 27.3 Å². The maximum atomic E-state index is 11.1. The second kappa shape index (κ2) is 3.35.